The number of likely N-dealkylation sites (tertiary alicyclic amines) is 1. The smallest absolute Gasteiger partial charge is 0.356 e. The minimum atomic E-state index is -5.31. The molecule has 1 aromatic carbocycles. The summed E-state index contributed by atoms with van der Waals surface area (Å²) in [5.74, 6) is -4.70. The van der Waals surface area contributed by atoms with E-state index in [4.69, 9.17) is 0 Å². The summed E-state index contributed by atoms with van der Waals surface area (Å²) in [6.45, 7) is 0.282. The highest BCUT2D eigenvalue weighted by atomic mass is 32.3. The number of amides is 2. The summed E-state index contributed by atoms with van der Waals surface area (Å²) >= 11 is 0. The number of carbonyl (C=O) groups excluding carboxylic acids is 2. The summed E-state index contributed by atoms with van der Waals surface area (Å²) in [5, 5.41) is 2.52. The third-order valence-corrected chi connectivity index (χ3v) is 4.69. The number of pyridine rings is 1. The van der Waals surface area contributed by atoms with E-state index >= 15 is 0 Å². The van der Waals surface area contributed by atoms with Gasteiger partial charge < -0.3 is 14.4 Å². The Morgan fingerprint density at radius 2 is 2.07 bits per heavy atom. The molecule has 8 nitrogen and oxygen atoms in total. The number of aromatic nitrogens is 1. The van der Waals surface area contributed by atoms with Gasteiger partial charge in [-0.05, 0) is 30.7 Å². The van der Waals surface area contributed by atoms with Crippen molar-refractivity contribution in [1.29, 1.82) is 0 Å². The predicted octanol–water partition coefficient (Wildman–Crippen LogP) is 1.73. The number of alkyl halides is 2. The zero-order valence-electron chi connectivity index (χ0n) is 15.1. The SMILES string of the molecule is Cc1cc(OS(=O)(=O)F)c2nccc(C(=O)NCC(=O)N3CCC(F)(F)C3)c2c1. The van der Waals surface area contributed by atoms with Crippen LogP contribution in [0.2, 0.25) is 0 Å². The Morgan fingerprint density at radius 1 is 1.34 bits per heavy atom. The largest absolute Gasteiger partial charge is 0.488 e. The lowest BCUT2D eigenvalue weighted by Gasteiger charge is -2.16. The second-order valence-electron chi connectivity index (χ2n) is 6.60. The molecule has 0 atom stereocenters. The molecule has 0 aliphatic carbocycles. The van der Waals surface area contributed by atoms with Crippen LogP contribution in [0.4, 0.5) is 12.7 Å². The predicted molar refractivity (Wildman–Crippen MR) is 95.6 cm³/mol. The van der Waals surface area contributed by atoms with Gasteiger partial charge in [0.2, 0.25) is 5.91 Å². The minimum absolute atomic E-state index is 0.0272. The zero-order chi connectivity index (χ0) is 21.4. The molecule has 1 N–H and O–H groups in total. The molecule has 1 aliphatic rings. The van der Waals surface area contributed by atoms with E-state index in [0.717, 1.165) is 4.90 Å². The highest BCUT2D eigenvalue weighted by Crippen LogP contribution is 2.29. The van der Waals surface area contributed by atoms with E-state index in [-0.39, 0.29) is 23.0 Å². The van der Waals surface area contributed by atoms with Gasteiger partial charge >= 0.3 is 10.5 Å². The summed E-state index contributed by atoms with van der Waals surface area (Å²) in [7, 11) is -5.31. The van der Waals surface area contributed by atoms with Crippen LogP contribution < -0.4 is 9.50 Å². The van der Waals surface area contributed by atoms with Gasteiger partial charge in [0, 0.05) is 24.5 Å². The van der Waals surface area contributed by atoms with Crippen LogP contribution in [-0.2, 0) is 15.3 Å². The van der Waals surface area contributed by atoms with E-state index in [2.05, 4.69) is 14.5 Å². The molecule has 1 aliphatic heterocycles. The first-order chi connectivity index (χ1) is 13.5. The molecule has 2 heterocycles. The molecule has 0 bridgehead atoms. The first-order valence-electron chi connectivity index (χ1n) is 8.42. The topological polar surface area (TPSA) is 106 Å². The third kappa shape index (κ3) is 4.94. The van der Waals surface area contributed by atoms with Crippen molar-refractivity contribution in [3.63, 3.8) is 0 Å². The Bertz CT molecular complexity index is 1090. The first kappa shape index (κ1) is 20.8. The van der Waals surface area contributed by atoms with Crippen molar-refractivity contribution in [1.82, 2.24) is 15.2 Å². The number of hydrogen-bond donors (Lipinski definition) is 1. The normalized spacial score (nSPS) is 16.1. The monoisotopic (exact) mass is 431 g/mol. The maximum atomic E-state index is 13.2. The van der Waals surface area contributed by atoms with Gasteiger partial charge in [-0.2, -0.15) is 8.42 Å². The molecule has 12 heteroatoms. The maximum absolute atomic E-state index is 13.2. The van der Waals surface area contributed by atoms with Gasteiger partial charge in [0.25, 0.3) is 11.8 Å². The molecule has 3 rings (SSSR count). The van der Waals surface area contributed by atoms with Gasteiger partial charge in [0.1, 0.15) is 5.52 Å². The van der Waals surface area contributed by atoms with E-state index in [9.17, 15) is 30.7 Å². The lowest BCUT2D eigenvalue weighted by molar-refractivity contribution is -0.130. The number of benzene rings is 1. The highest BCUT2D eigenvalue weighted by Gasteiger charge is 2.40. The van der Waals surface area contributed by atoms with Gasteiger partial charge in [0.15, 0.2) is 5.75 Å². The van der Waals surface area contributed by atoms with Crippen LogP contribution in [0.1, 0.15) is 22.3 Å². The van der Waals surface area contributed by atoms with Crippen molar-refractivity contribution in [2.24, 2.45) is 0 Å². The van der Waals surface area contributed by atoms with Crippen molar-refractivity contribution in [2.75, 3.05) is 19.6 Å². The molecule has 2 aromatic rings. The van der Waals surface area contributed by atoms with Gasteiger partial charge in [-0.25, -0.2) is 8.78 Å². The van der Waals surface area contributed by atoms with Crippen LogP contribution in [0.5, 0.6) is 5.75 Å². The number of hydrogen-bond acceptors (Lipinski definition) is 6. The van der Waals surface area contributed by atoms with Crippen LogP contribution in [-0.4, -0.2) is 55.7 Å². The average molecular weight is 431 g/mol. The molecule has 2 amide bonds. The number of halogens is 3. The standard InChI is InChI=1S/C17H16F3N3O5S/c1-10-6-12-11(2-4-21-15(12)13(7-10)28-29(20,26)27)16(25)22-8-14(24)23-5-3-17(18,19)9-23/h2,4,6-7H,3,5,8-9H2,1H3,(H,22,25). The first-order valence-corrected chi connectivity index (χ1v) is 9.73. The van der Waals surface area contributed by atoms with Gasteiger partial charge in [0.05, 0.1) is 18.7 Å². The molecular weight excluding hydrogens is 415 g/mol. The molecule has 0 unspecified atom stereocenters. The lowest BCUT2D eigenvalue weighted by atomic mass is 10.1. The molecule has 1 aromatic heterocycles. The molecule has 0 spiro atoms. The lowest BCUT2D eigenvalue weighted by Crippen LogP contribution is -2.40. The summed E-state index contributed by atoms with van der Waals surface area (Å²) < 4.78 is 65.3. The highest BCUT2D eigenvalue weighted by molar-refractivity contribution is 7.81. The minimum Gasteiger partial charge on any atom is -0.356 e. The Morgan fingerprint density at radius 3 is 2.69 bits per heavy atom. The Kier molecular flexibility index (Phi) is 5.39. The molecule has 1 saturated heterocycles. The van der Waals surface area contributed by atoms with E-state index < -0.39 is 53.5 Å². The fourth-order valence-corrected chi connectivity index (χ4v) is 3.38. The van der Waals surface area contributed by atoms with E-state index in [0.29, 0.717) is 5.56 Å². The number of rotatable bonds is 5. The van der Waals surface area contributed by atoms with Crippen molar-refractivity contribution in [3.8, 4) is 5.75 Å². The molecule has 0 saturated carbocycles. The van der Waals surface area contributed by atoms with Crippen molar-refractivity contribution in [2.45, 2.75) is 19.3 Å². The van der Waals surface area contributed by atoms with E-state index in [1.54, 1.807) is 6.92 Å². The molecular formula is C17H16F3N3O5S. The average Bonchev–Trinajstić information content (AvgIpc) is 2.97. The van der Waals surface area contributed by atoms with Gasteiger partial charge in [-0.3, -0.25) is 14.6 Å². The molecule has 0 radical (unpaired) electrons. The second-order valence-corrected chi connectivity index (χ2v) is 7.55. The fourth-order valence-electron chi connectivity index (χ4n) is 3.04. The van der Waals surface area contributed by atoms with E-state index in [1.165, 1.54) is 24.4 Å². The zero-order valence-corrected chi connectivity index (χ0v) is 15.9. The van der Waals surface area contributed by atoms with Crippen LogP contribution in [0.25, 0.3) is 10.9 Å². The summed E-state index contributed by atoms with van der Waals surface area (Å²) in [4.78, 5) is 29.5. The van der Waals surface area contributed by atoms with Crippen molar-refractivity contribution in [3.05, 3.63) is 35.5 Å². The van der Waals surface area contributed by atoms with Gasteiger partial charge in [-0.15, -0.1) is 0 Å². The van der Waals surface area contributed by atoms with Crippen LogP contribution in [0.15, 0.2) is 24.4 Å². The molecule has 156 valence electrons. The van der Waals surface area contributed by atoms with Gasteiger partial charge in [-0.1, -0.05) is 3.89 Å². The Hall–Kier alpha value is -2.89. The Labute approximate surface area is 164 Å². The molecule has 29 heavy (non-hydrogen) atoms. The molecule has 1 fully saturated rings. The number of fused-ring (bicyclic) bond motifs is 1. The van der Waals surface area contributed by atoms with Crippen LogP contribution in [0, 0.1) is 6.92 Å². The Balaban J connectivity index is 1.82. The quantitative estimate of drug-likeness (QED) is 0.723. The van der Waals surface area contributed by atoms with E-state index in [1.807, 2.05) is 0 Å². The van der Waals surface area contributed by atoms with Crippen LogP contribution in [0.3, 0.4) is 0 Å². The van der Waals surface area contributed by atoms with Crippen LogP contribution >= 0.6 is 0 Å². The maximum Gasteiger partial charge on any atom is 0.488 e. The van der Waals surface area contributed by atoms with Crippen molar-refractivity contribution < 1.29 is 34.9 Å². The number of nitrogens with zero attached hydrogens (tertiary/aromatic N) is 2. The second kappa shape index (κ2) is 7.50. The number of aryl methyl sites for hydroxylation is 1. The number of nitrogens with one attached hydrogen (secondary N) is 1. The third-order valence-electron chi connectivity index (χ3n) is 4.31. The summed E-state index contributed by atoms with van der Waals surface area (Å²) in [6, 6.07) is 4.07. The van der Waals surface area contributed by atoms with Crippen molar-refractivity contribution >= 4 is 33.2 Å². The number of carbonyl (C=O) groups is 2. The summed E-state index contributed by atoms with van der Waals surface area (Å²) in [6.07, 6.45) is 0.758. The summed E-state index contributed by atoms with van der Waals surface area (Å²) in [5.41, 5.74) is 0.419. The fraction of sp³-hybridized carbons (Fsp3) is 0.353.